The van der Waals surface area contributed by atoms with Crippen molar-refractivity contribution in [1.29, 1.82) is 0 Å². The number of primary amides is 1. The summed E-state index contributed by atoms with van der Waals surface area (Å²) >= 11 is 0. The molecule has 0 unspecified atom stereocenters. The zero-order valence-corrected chi connectivity index (χ0v) is 19.6. The number of hydrogen-bond donors (Lipinski definition) is 5. The van der Waals surface area contributed by atoms with Gasteiger partial charge >= 0.3 is 6.03 Å². The number of anilines is 1. The van der Waals surface area contributed by atoms with Gasteiger partial charge in [0.05, 0.1) is 6.04 Å². The van der Waals surface area contributed by atoms with E-state index in [0.717, 1.165) is 0 Å². The lowest BCUT2D eigenvalue weighted by Gasteiger charge is -2.27. The standard InChI is InChI=1S/C23H39N5O3/c1-14(2)17-9-11-18(12-10-17)27-21(29)19(8-7-13-25-23(24)31)28-22(30)20(15(3)4)26-16(5)6/h9-12,14-16,19-20,26H,7-8,13H2,1-6H3,(H,27,29)(H,28,30)(H3,24,25,31)/t19-,20-/m1/s1. The number of amides is 4. The monoisotopic (exact) mass is 433 g/mol. The first-order chi connectivity index (χ1) is 14.5. The maximum Gasteiger partial charge on any atom is 0.312 e. The third kappa shape index (κ3) is 9.83. The molecule has 1 aromatic carbocycles. The number of carbonyl (C=O) groups excluding carboxylic acids is 3. The molecule has 31 heavy (non-hydrogen) atoms. The highest BCUT2D eigenvalue weighted by atomic mass is 16.2. The zero-order valence-electron chi connectivity index (χ0n) is 19.6. The molecule has 6 N–H and O–H groups in total. The molecule has 0 heterocycles. The minimum absolute atomic E-state index is 0.0613. The molecule has 0 saturated carbocycles. The van der Waals surface area contributed by atoms with Crippen molar-refractivity contribution in [2.24, 2.45) is 11.7 Å². The summed E-state index contributed by atoms with van der Waals surface area (Å²) < 4.78 is 0. The molecule has 8 nitrogen and oxygen atoms in total. The van der Waals surface area contributed by atoms with E-state index in [9.17, 15) is 14.4 Å². The van der Waals surface area contributed by atoms with E-state index < -0.39 is 18.1 Å². The van der Waals surface area contributed by atoms with Crippen LogP contribution in [0.4, 0.5) is 10.5 Å². The number of carbonyl (C=O) groups is 3. The first-order valence-electron chi connectivity index (χ1n) is 11.0. The van der Waals surface area contributed by atoms with Gasteiger partial charge in [-0.05, 0) is 42.4 Å². The second kappa shape index (κ2) is 12.9. The molecule has 0 saturated heterocycles. The third-order valence-corrected chi connectivity index (χ3v) is 4.91. The number of nitrogens with two attached hydrogens (primary N) is 1. The Balaban J connectivity index is 2.88. The van der Waals surface area contributed by atoms with Crippen molar-refractivity contribution in [3.05, 3.63) is 29.8 Å². The van der Waals surface area contributed by atoms with Gasteiger partial charge in [-0.1, -0.05) is 53.7 Å². The van der Waals surface area contributed by atoms with Crippen LogP contribution in [-0.4, -0.2) is 42.5 Å². The molecular weight excluding hydrogens is 394 g/mol. The van der Waals surface area contributed by atoms with Crippen LogP contribution in [0.2, 0.25) is 0 Å². The Morgan fingerprint density at radius 1 is 0.935 bits per heavy atom. The molecular formula is C23H39N5O3. The van der Waals surface area contributed by atoms with Gasteiger partial charge in [-0.15, -0.1) is 0 Å². The first kappa shape index (κ1) is 26.4. The Kier molecular flexibility index (Phi) is 11.0. The second-order valence-corrected chi connectivity index (χ2v) is 8.80. The van der Waals surface area contributed by atoms with Crippen LogP contribution in [0.25, 0.3) is 0 Å². The molecule has 0 spiro atoms. The van der Waals surface area contributed by atoms with Crippen molar-refractivity contribution in [3.8, 4) is 0 Å². The molecule has 1 aromatic rings. The Labute approximate surface area is 186 Å². The topological polar surface area (TPSA) is 125 Å². The predicted molar refractivity (Wildman–Crippen MR) is 125 cm³/mol. The average molecular weight is 434 g/mol. The van der Waals surface area contributed by atoms with E-state index in [2.05, 4.69) is 35.1 Å². The third-order valence-electron chi connectivity index (χ3n) is 4.91. The van der Waals surface area contributed by atoms with Gasteiger partial charge in [-0.2, -0.15) is 0 Å². The quantitative estimate of drug-likeness (QED) is 0.325. The highest BCUT2D eigenvalue weighted by Crippen LogP contribution is 2.17. The van der Waals surface area contributed by atoms with Gasteiger partial charge in [0.1, 0.15) is 6.04 Å². The summed E-state index contributed by atoms with van der Waals surface area (Å²) in [6.07, 6.45) is 0.867. The second-order valence-electron chi connectivity index (χ2n) is 8.80. The van der Waals surface area contributed by atoms with Gasteiger partial charge in [0.15, 0.2) is 0 Å². The van der Waals surface area contributed by atoms with Gasteiger partial charge in [-0.3, -0.25) is 9.59 Å². The average Bonchev–Trinajstić information content (AvgIpc) is 2.68. The number of nitrogens with one attached hydrogen (secondary N) is 4. The number of rotatable bonds is 12. The highest BCUT2D eigenvalue weighted by molar-refractivity contribution is 5.97. The fourth-order valence-electron chi connectivity index (χ4n) is 3.16. The highest BCUT2D eigenvalue weighted by Gasteiger charge is 2.27. The molecule has 0 radical (unpaired) electrons. The summed E-state index contributed by atoms with van der Waals surface area (Å²) in [5, 5.41) is 11.5. The molecule has 0 bridgehead atoms. The van der Waals surface area contributed by atoms with E-state index in [0.29, 0.717) is 31.0 Å². The van der Waals surface area contributed by atoms with Crippen LogP contribution in [0.5, 0.6) is 0 Å². The van der Waals surface area contributed by atoms with E-state index in [1.165, 1.54) is 5.56 Å². The van der Waals surface area contributed by atoms with Crippen molar-refractivity contribution in [2.75, 3.05) is 11.9 Å². The van der Waals surface area contributed by atoms with Crippen LogP contribution in [0.15, 0.2) is 24.3 Å². The number of benzene rings is 1. The van der Waals surface area contributed by atoms with Crippen LogP contribution in [0.3, 0.4) is 0 Å². The SMILES string of the molecule is CC(C)N[C@@H](C(=O)N[C@H](CCCNC(N)=O)C(=O)Nc1ccc(C(C)C)cc1)C(C)C. The fraction of sp³-hybridized carbons (Fsp3) is 0.609. The molecule has 4 amide bonds. The minimum atomic E-state index is -0.734. The Hall–Kier alpha value is -2.61. The molecule has 0 aliphatic carbocycles. The molecule has 0 fully saturated rings. The maximum atomic E-state index is 13.0. The van der Waals surface area contributed by atoms with Crippen molar-refractivity contribution < 1.29 is 14.4 Å². The summed E-state index contributed by atoms with van der Waals surface area (Å²) in [6, 6.07) is 6.04. The van der Waals surface area contributed by atoms with Gasteiger partial charge in [-0.25, -0.2) is 4.79 Å². The zero-order chi connectivity index (χ0) is 23.6. The van der Waals surface area contributed by atoms with E-state index in [4.69, 9.17) is 5.73 Å². The van der Waals surface area contributed by atoms with Crippen molar-refractivity contribution in [2.45, 2.75) is 78.4 Å². The van der Waals surface area contributed by atoms with E-state index in [1.807, 2.05) is 52.0 Å². The summed E-state index contributed by atoms with van der Waals surface area (Å²) in [5.41, 5.74) is 6.95. The Bertz CT molecular complexity index is 716. The predicted octanol–water partition coefficient (Wildman–Crippen LogP) is 2.70. The van der Waals surface area contributed by atoms with Gasteiger partial charge in [0.2, 0.25) is 11.8 Å². The van der Waals surface area contributed by atoms with Gasteiger partial charge < -0.3 is 27.0 Å². The van der Waals surface area contributed by atoms with Gasteiger partial charge in [0, 0.05) is 18.3 Å². The molecule has 1 rings (SSSR count). The number of hydrogen-bond acceptors (Lipinski definition) is 4. The van der Waals surface area contributed by atoms with Crippen molar-refractivity contribution in [3.63, 3.8) is 0 Å². The number of urea groups is 1. The van der Waals surface area contributed by atoms with Crippen molar-refractivity contribution >= 4 is 23.5 Å². The maximum absolute atomic E-state index is 13.0. The Morgan fingerprint density at radius 2 is 1.55 bits per heavy atom. The molecule has 0 aliphatic rings. The summed E-state index contributed by atoms with van der Waals surface area (Å²) in [5.74, 6) is -0.0548. The summed E-state index contributed by atoms with van der Waals surface area (Å²) in [7, 11) is 0. The van der Waals surface area contributed by atoms with Crippen LogP contribution in [-0.2, 0) is 9.59 Å². The minimum Gasteiger partial charge on any atom is -0.352 e. The lowest BCUT2D eigenvalue weighted by Crippen LogP contribution is -2.54. The van der Waals surface area contributed by atoms with Crippen LogP contribution >= 0.6 is 0 Å². The Morgan fingerprint density at radius 3 is 2.03 bits per heavy atom. The lowest BCUT2D eigenvalue weighted by atomic mass is 10.0. The normalized spacial score (nSPS) is 13.2. The molecule has 174 valence electrons. The van der Waals surface area contributed by atoms with Crippen LogP contribution in [0.1, 0.15) is 65.9 Å². The molecule has 0 aliphatic heterocycles. The fourth-order valence-corrected chi connectivity index (χ4v) is 3.16. The van der Waals surface area contributed by atoms with Gasteiger partial charge in [0.25, 0.3) is 0 Å². The largest absolute Gasteiger partial charge is 0.352 e. The van der Waals surface area contributed by atoms with Crippen molar-refractivity contribution in [1.82, 2.24) is 16.0 Å². The van der Waals surface area contributed by atoms with Crippen LogP contribution in [0, 0.1) is 5.92 Å². The first-order valence-corrected chi connectivity index (χ1v) is 11.0. The molecule has 8 heteroatoms. The summed E-state index contributed by atoms with van der Waals surface area (Å²) in [4.78, 5) is 36.7. The summed E-state index contributed by atoms with van der Waals surface area (Å²) in [6.45, 7) is 12.4. The van der Waals surface area contributed by atoms with Crippen LogP contribution < -0.4 is 27.0 Å². The lowest BCUT2D eigenvalue weighted by molar-refractivity contribution is -0.129. The molecule has 0 aromatic heterocycles. The van der Waals surface area contributed by atoms with E-state index in [-0.39, 0.29) is 23.8 Å². The smallest absolute Gasteiger partial charge is 0.312 e. The van der Waals surface area contributed by atoms with E-state index in [1.54, 1.807) is 0 Å². The molecule has 2 atom stereocenters. The van der Waals surface area contributed by atoms with E-state index >= 15 is 0 Å².